The SMILES string of the molecule is COC(=O)C(Nc1nccc(-c2c(-c3ccc(F)cc3)c(=O)n3n2CCC3)n1)c1ccccc1. The molecule has 1 atom stereocenters. The monoisotopic (exact) mass is 459 g/mol. The molecule has 172 valence electrons. The molecule has 0 saturated heterocycles. The Morgan fingerprint density at radius 2 is 1.79 bits per heavy atom. The molecular formula is C25H22FN5O3. The fraction of sp³-hybridized carbons (Fsp3) is 0.200. The maximum atomic E-state index is 13.5. The maximum Gasteiger partial charge on any atom is 0.333 e. The summed E-state index contributed by atoms with van der Waals surface area (Å²) in [5.41, 5.74) is 2.78. The number of benzene rings is 2. The van der Waals surface area contributed by atoms with Gasteiger partial charge in [0, 0.05) is 19.3 Å². The highest BCUT2D eigenvalue weighted by molar-refractivity contribution is 5.81. The average Bonchev–Trinajstić information content (AvgIpc) is 3.45. The van der Waals surface area contributed by atoms with Crippen LogP contribution in [-0.4, -0.2) is 32.4 Å². The van der Waals surface area contributed by atoms with Gasteiger partial charge in [0.25, 0.3) is 5.56 Å². The fourth-order valence-corrected chi connectivity index (χ4v) is 4.28. The number of carbonyl (C=O) groups is 1. The van der Waals surface area contributed by atoms with E-state index in [1.165, 1.54) is 19.2 Å². The third-order valence-electron chi connectivity index (χ3n) is 5.85. The highest BCUT2D eigenvalue weighted by atomic mass is 19.1. The van der Waals surface area contributed by atoms with Crippen LogP contribution in [0.3, 0.4) is 0 Å². The van der Waals surface area contributed by atoms with Crippen molar-refractivity contribution in [1.29, 1.82) is 0 Å². The van der Waals surface area contributed by atoms with Gasteiger partial charge in [0.15, 0.2) is 6.04 Å². The van der Waals surface area contributed by atoms with Crippen LogP contribution in [0.5, 0.6) is 0 Å². The number of aromatic nitrogens is 4. The van der Waals surface area contributed by atoms with E-state index in [-0.39, 0.29) is 17.3 Å². The molecule has 1 aliphatic heterocycles. The van der Waals surface area contributed by atoms with Crippen molar-refractivity contribution < 1.29 is 13.9 Å². The maximum absolute atomic E-state index is 13.5. The van der Waals surface area contributed by atoms with Gasteiger partial charge in [-0.25, -0.2) is 23.8 Å². The predicted octanol–water partition coefficient (Wildman–Crippen LogP) is 3.64. The minimum absolute atomic E-state index is 0.149. The Morgan fingerprint density at radius 3 is 2.53 bits per heavy atom. The van der Waals surface area contributed by atoms with Crippen LogP contribution in [0.25, 0.3) is 22.5 Å². The number of nitrogens with one attached hydrogen (secondary N) is 1. The number of methoxy groups -OCH3 is 1. The van der Waals surface area contributed by atoms with Gasteiger partial charge in [-0.2, -0.15) is 0 Å². The molecular weight excluding hydrogens is 437 g/mol. The highest BCUT2D eigenvalue weighted by Crippen LogP contribution is 2.32. The van der Waals surface area contributed by atoms with E-state index in [0.717, 1.165) is 6.42 Å². The zero-order valence-electron chi connectivity index (χ0n) is 18.4. The van der Waals surface area contributed by atoms with Gasteiger partial charge in [0.1, 0.15) is 5.82 Å². The molecule has 4 aromatic rings. The Hall–Kier alpha value is -4.27. The zero-order valence-corrected chi connectivity index (χ0v) is 18.4. The first-order valence-corrected chi connectivity index (χ1v) is 10.9. The molecule has 0 fully saturated rings. The molecule has 5 rings (SSSR count). The number of halogens is 1. The first-order valence-electron chi connectivity index (χ1n) is 10.9. The summed E-state index contributed by atoms with van der Waals surface area (Å²) in [6.07, 6.45) is 2.41. The number of nitrogens with zero attached hydrogens (tertiary/aromatic N) is 4. The molecule has 1 unspecified atom stereocenters. The van der Waals surface area contributed by atoms with Crippen molar-refractivity contribution in [3.63, 3.8) is 0 Å². The van der Waals surface area contributed by atoms with E-state index in [1.807, 2.05) is 35.0 Å². The first-order chi connectivity index (χ1) is 16.6. The lowest BCUT2D eigenvalue weighted by Gasteiger charge is -2.17. The summed E-state index contributed by atoms with van der Waals surface area (Å²) in [4.78, 5) is 34.6. The minimum atomic E-state index is -0.805. The number of anilines is 1. The second-order valence-corrected chi connectivity index (χ2v) is 7.91. The number of carbonyl (C=O) groups excluding carboxylic acids is 1. The summed E-state index contributed by atoms with van der Waals surface area (Å²) < 4.78 is 22.1. The summed E-state index contributed by atoms with van der Waals surface area (Å²) in [6.45, 7) is 1.26. The molecule has 0 bridgehead atoms. The van der Waals surface area contributed by atoms with Gasteiger partial charge < -0.3 is 10.1 Å². The van der Waals surface area contributed by atoms with Gasteiger partial charge in [0.05, 0.1) is 24.1 Å². The standard InChI is InChI=1S/C25H22FN5O3/c1-34-24(33)21(17-6-3-2-4-7-17)29-25-27-13-12-19(28-25)22-20(16-8-10-18(26)11-9-16)23(32)31-15-5-14-30(22)31/h2-4,6-13,21H,5,14-15H2,1H3,(H,27,28,29). The highest BCUT2D eigenvalue weighted by Gasteiger charge is 2.27. The lowest BCUT2D eigenvalue weighted by Crippen LogP contribution is -2.23. The molecule has 1 aliphatic rings. The Morgan fingerprint density at radius 1 is 1.06 bits per heavy atom. The summed E-state index contributed by atoms with van der Waals surface area (Å²) in [7, 11) is 1.32. The van der Waals surface area contributed by atoms with E-state index in [9.17, 15) is 14.0 Å². The van der Waals surface area contributed by atoms with Crippen LogP contribution in [0.4, 0.5) is 10.3 Å². The topological polar surface area (TPSA) is 91.0 Å². The summed E-state index contributed by atoms with van der Waals surface area (Å²) in [5, 5.41) is 3.06. The number of hydrogen-bond donors (Lipinski definition) is 1. The largest absolute Gasteiger partial charge is 0.467 e. The van der Waals surface area contributed by atoms with Crippen molar-refractivity contribution >= 4 is 11.9 Å². The third kappa shape index (κ3) is 3.85. The Balaban J connectivity index is 1.59. The number of rotatable bonds is 6. The van der Waals surface area contributed by atoms with Crippen LogP contribution in [0.15, 0.2) is 71.7 Å². The summed E-state index contributed by atoms with van der Waals surface area (Å²) in [5.74, 6) is -0.638. The van der Waals surface area contributed by atoms with Crippen LogP contribution in [0.2, 0.25) is 0 Å². The third-order valence-corrected chi connectivity index (χ3v) is 5.85. The molecule has 0 spiro atoms. The molecule has 0 saturated carbocycles. The molecule has 8 nitrogen and oxygen atoms in total. The van der Waals surface area contributed by atoms with Crippen LogP contribution in [0, 0.1) is 5.82 Å². The van der Waals surface area contributed by atoms with E-state index < -0.39 is 12.0 Å². The van der Waals surface area contributed by atoms with Gasteiger partial charge in [-0.3, -0.25) is 9.48 Å². The zero-order chi connectivity index (χ0) is 23.7. The number of fused-ring (bicyclic) bond motifs is 1. The van der Waals surface area contributed by atoms with Crippen molar-refractivity contribution in [3.05, 3.63) is 88.6 Å². The van der Waals surface area contributed by atoms with E-state index in [1.54, 1.807) is 29.1 Å². The molecule has 2 aromatic carbocycles. The van der Waals surface area contributed by atoms with Crippen LogP contribution in [-0.2, 0) is 22.6 Å². The van der Waals surface area contributed by atoms with E-state index in [0.29, 0.717) is 41.2 Å². The van der Waals surface area contributed by atoms with Crippen molar-refractivity contribution in [3.8, 4) is 22.5 Å². The fourth-order valence-electron chi connectivity index (χ4n) is 4.28. The van der Waals surface area contributed by atoms with Crippen LogP contribution in [0.1, 0.15) is 18.0 Å². The summed E-state index contributed by atoms with van der Waals surface area (Å²) in [6, 6.07) is 15.9. The molecule has 1 N–H and O–H groups in total. The lowest BCUT2D eigenvalue weighted by atomic mass is 10.0. The summed E-state index contributed by atoms with van der Waals surface area (Å²) >= 11 is 0. The van der Waals surface area contributed by atoms with Crippen LogP contribution >= 0.6 is 0 Å². The van der Waals surface area contributed by atoms with Gasteiger partial charge in [-0.1, -0.05) is 42.5 Å². The van der Waals surface area contributed by atoms with E-state index in [4.69, 9.17) is 4.74 Å². The number of ether oxygens (including phenoxy) is 1. The molecule has 3 heterocycles. The molecule has 0 amide bonds. The molecule has 9 heteroatoms. The van der Waals surface area contributed by atoms with Crippen LogP contribution < -0.4 is 10.9 Å². The number of hydrogen-bond acceptors (Lipinski definition) is 6. The molecule has 34 heavy (non-hydrogen) atoms. The first kappa shape index (κ1) is 21.6. The van der Waals surface area contributed by atoms with Gasteiger partial charge in [-0.05, 0) is 35.7 Å². The van der Waals surface area contributed by atoms with Crippen molar-refractivity contribution in [1.82, 2.24) is 19.3 Å². The number of esters is 1. The molecule has 0 aliphatic carbocycles. The average molecular weight is 459 g/mol. The molecule has 2 aromatic heterocycles. The van der Waals surface area contributed by atoms with E-state index >= 15 is 0 Å². The van der Waals surface area contributed by atoms with E-state index in [2.05, 4.69) is 15.3 Å². The quantitative estimate of drug-likeness (QED) is 0.443. The Kier molecular flexibility index (Phi) is 5.67. The normalized spacial score (nSPS) is 13.4. The van der Waals surface area contributed by atoms with Gasteiger partial charge >= 0.3 is 5.97 Å². The van der Waals surface area contributed by atoms with Gasteiger partial charge in [0.2, 0.25) is 5.95 Å². The minimum Gasteiger partial charge on any atom is -0.467 e. The van der Waals surface area contributed by atoms with Crippen molar-refractivity contribution in [2.75, 3.05) is 12.4 Å². The second-order valence-electron chi connectivity index (χ2n) is 7.91. The van der Waals surface area contributed by atoms with Gasteiger partial charge in [-0.15, -0.1) is 0 Å². The second kappa shape index (κ2) is 8.93. The Labute approximate surface area is 194 Å². The van der Waals surface area contributed by atoms with Crippen molar-refractivity contribution in [2.45, 2.75) is 25.6 Å². The smallest absolute Gasteiger partial charge is 0.333 e. The Bertz CT molecular complexity index is 1400. The predicted molar refractivity (Wildman–Crippen MR) is 125 cm³/mol. The lowest BCUT2D eigenvalue weighted by molar-refractivity contribution is -0.141. The molecule has 0 radical (unpaired) electrons. The van der Waals surface area contributed by atoms with Crippen molar-refractivity contribution in [2.24, 2.45) is 0 Å².